The minimum Gasteiger partial charge on any atom is -0.507 e. The van der Waals surface area contributed by atoms with Gasteiger partial charge in [-0.2, -0.15) is 5.10 Å². The Hall–Kier alpha value is -1.95. The molecule has 6 heteroatoms. The van der Waals surface area contributed by atoms with Gasteiger partial charge in [-0.3, -0.25) is 4.68 Å². The van der Waals surface area contributed by atoms with Gasteiger partial charge in [0.25, 0.3) is 0 Å². The summed E-state index contributed by atoms with van der Waals surface area (Å²) in [6.45, 7) is 2.10. The Bertz CT molecular complexity index is 610. The van der Waals surface area contributed by atoms with Crippen LogP contribution in [-0.2, 0) is 17.5 Å². The molecule has 0 bridgehead atoms. The quantitative estimate of drug-likeness (QED) is 0.678. The lowest BCUT2D eigenvalue weighted by atomic mass is 10.3. The second-order valence-corrected chi connectivity index (χ2v) is 5.12. The Balaban J connectivity index is 2.15. The first-order valence-corrected chi connectivity index (χ1v) is 7.20. The van der Waals surface area contributed by atoms with Gasteiger partial charge >= 0.3 is 5.97 Å². The fourth-order valence-electron chi connectivity index (χ4n) is 1.74. The van der Waals surface area contributed by atoms with Gasteiger partial charge in [-0.1, -0.05) is 12.1 Å². The van der Waals surface area contributed by atoms with Crippen LogP contribution in [0.3, 0.4) is 0 Å². The molecule has 0 amide bonds. The molecule has 1 heterocycles. The summed E-state index contributed by atoms with van der Waals surface area (Å²) < 4.78 is 6.66. The number of benzene rings is 1. The molecule has 2 aromatic rings. The summed E-state index contributed by atoms with van der Waals surface area (Å²) in [5, 5.41) is 13.8. The van der Waals surface area contributed by atoms with Crippen LogP contribution < -0.4 is 0 Å². The summed E-state index contributed by atoms with van der Waals surface area (Å²) in [5.41, 5.74) is 1.24. The highest BCUT2D eigenvalue weighted by Gasteiger charge is 2.17. The summed E-state index contributed by atoms with van der Waals surface area (Å²) in [6.07, 6.45) is 1.51. The minimum atomic E-state index is -0.367. The standard InChI is InChI=1S/C14H16N2O3S/c1-3-19-14(18)10-8-15-16(2)11(10)9-20-13-7-5-4-6-12(13)17/h4-8,17H,3,9H2,1-2H3. The summed E-state index contributed by atoms with van der Waals surface area (Å²) in [5.74, 6) is 0.396. The summed E-state index contributed by atoms with van der Waals surface area (Å²) in [7, 11) is 1.78. The molecule has 0 saturated heterocycles. The Morgan fingerprint density at radius 1 is 1.45 bits per heavy atom. The van der Waals surface area contributed by atoms with Gasteiger partial charge in [0.2, 0.25) is 0 Å². The van der Waals surface area contributed by atoms with E-state index in [1.165, 1.54) is 18.0 Å². The maximum atomic E-state index is 11.8. The Kier molecular flexibility index (Phi) is 4.68. The van der Waals surface area contributed by atoms with Crippen LogP contribution in [0, 0.1) is 0 Å². The van der Waals surface area contributed by atoms with Crippen LogP contribution in [0.25, 0.3) is 0 Å². The van der Waals surface area contributed by atoms with E-state index in [0.29, 0.717) is 17.9 Å². The van der Waals surface area contributed by atoms with Gasteiger partial charge in [0.05, 0.1) is 18.5 Å². The van der Waals surface area contributed by atoms with Gasteiger partial charge in [0.15, 0.2) is 0 Å². The zero-order chi connectivity index (χ0) is 14.5. The first-order valence-electron chi connectivity index (χ1n) is 6.22. The summed E-state index contributed by atoms with van der Waals surface area (Å²) in [6, 6.07) is 7.10. The molecule has 20 heavy (non-hydrogen) atoms. The number of carbonyl (C=O) groups excluding carboxylic acids is 1. The normalized spacial score (nSPS) is 10.5. The number of phenolic OH excluding ortho intramolecular Hbond substituents is 1. The average molecular weight is 292 g/mol. The van der Waals surface area contributed by atoms with Gasteiger partial charge in [-0.25, -0.2) is 4.79 Å². The van der Waals surface area contributed by atoms with E-state index in [0.717, 1.165) is 10.6 Å². The van der Waals surface area contributed by atoms with Crippen molar-refractivity contribution in [1.82, 2.24) is 9.78 Å². The number of nitrogens with zero attached hydrogens (tertiary/aromatic N) is 2. The van der Waals surface area contributed by atoms with Crippen molar-refractivity contribution in [2.75, 3.05) is 6.61 Å². The lowest BCUT2D eigenvalue weighted by molar-refractivity contribution is 0.0525. The highest BCUT2D eigenvalue weighted by atomic mass is 32.2. The average Bonchev–Trinajstić information content (AvgIpc) is 2.79. The maximum Gasteiger partial charge on any atom is 0.341 e. The largest absolute Gasteiger partial charge is 0.507 e. The van der Waals surface area contributed by atoms with Crippen LogP contribution in [-0.4, -0.2) is 27.5 Å². The third kappa shape index (κ3) is 3.14. The second-order valence-electron chi connectivity index (χ2n) is 4.11. The van der Waals surface area contributed by atoms with Crippen LogP contribution in [0.15, 0.2) is 35.4 Å². The number of hydrogen-bond donors (Lipinski definition) is 1. The highest BCUT2D eigenvalue weighted by molar-refractivity contribution is 7.98. The van der Waals surface area contributed by atoms with E-state index in [-0.39, 0.29) is 11.7 Å². The Morgan fingerprint density at radius 2 is 2.20 bits per heavy atom. The van der Waals surface area contributed by atoms with Crippen molar-refractivity contribution in [3.63, 3.8) is 0 Å². The molecule has 0 spiro atoms. The predicted octanol–water partition coefficient (Wildman–Crippen LogP) is 2.59. The number of para-hydroxylation sites is 1. The molecule has 0 unspecified atom stereocenters. The van der Waals surface area contributed by atoms with Crippen LogP contribution >= 0.6 is 11.8 Å². The lowest BCUT2D eigenvalue weighted by Gasteiger charge is -2.07. The number of carbonyl (C=O) groups is 1. The van der Waals surface area contributed by atoms with Crippen molar-refractivity contribution in [1.29, 1.82) is 0 Å². The predicted molar refractivity (Wildman–Crippen MR) is 76.8 cm³/mol. The third-order valence-electron chi connectivity index (χ3n) is 2.79. The van der Waals surface area contributed by atoms with Crippen LogP contribution in [0.1, 0.15) is 23.0 Å². The molecule has 1 aromatic carbocycles. The summed E-state index contributed by atoms with van der Waals surface area (Å²) in [4.78, 5) is 12.6. The van der Waals surface area contributed by atoms with Gasteiger partial charge < -0.3 is 9.84 Å². The van der Waals surface area contributed by atoms with Gasteiger partial charge in [-0.15, -0.1) is 11.8 Å². The monoisotopic (exact) mass is 292 g/mol. The molecule has 106 valence electrons. The lowest BCUT2D eigenvalue weighted by Crippen LogP contribution is -2.08. The van der Waals surface area contributed by atoms with Crippen molar-refractivity contribution >= 4 is 17.7 Å². The molecule has 0 saturated carbocycles. The molecule has 0 fully saturated rings. The van der Waals surface area contributed by atoms with Gasteiger partial charge in [0, 0.05) is 17.7 Å². The van der Waals surface area contributed by atoms with Crippen molar-refractivity contribution in [2.45, 2.75) is 17.6 Å². The molecule has 0 aliphatic rings. The third-order valence-corrected chi connectivity index (χ3v) is 3.86. The van der Waals surface area contributed by atoms with Crippen molar-refractivity contribution in [2.24, 2.45) is 7.05 Å². The zero-order valence-corrected chi connectivity index (χ0v) is 12.2. The SMILES string of the molecule is CCOC(=O)c1cnn(C)c1CSc1ccccc1O. The number of thioether (sulfide) groups is 1. The van der Waals surface area contributed by atoms with Gasteiger partial charge in [-0.05, 0) is 19.1 Å². The Morgan fingerprint density at radius 3 is 2.90 bits per heavy atom. The van der Waals surface area contributed by atoms with E-state index < -0.39 is 0 Å². The van der Waals surface area contributed by atoms with Gasteiger partial charge in [0.1, 0.15) is 11.3 Å². The Labute approximate surface area is 121 Å². The van der Waals surface area contributed by atoms with Crippen molar-refractivity contribution in [3.8, 4) is 5.75 Å². The number of esters is 1. The molecule has 2 rings (SSSR count). The van der Waals surface area contributed by atoms with Crippen molar-refractivity contribution < 1.29 is 14.6 Å². The van der Waals surface area contributed by atoms with E-state index >= 15 is 0 Å². The molecule has 0 aliphatic carbocycles. The first kappa shape index (κ1) is 14.5. The second kappa shape index (κ2) is 6.47. The first-order chi connectivity index (χ1) is 9.63. The van der Waals surface area contributed by atoms with E-state index in [1.807, 2.05) is 12.1 Å². The molecule has 1 aromatic heterocycles. The van der Waals surface area contributed by atoms with Crippen LogP contribution in [0.2, 0.25) is 0 Å². The molecule has 1 N–H and O–H groups in total. The number of aryl methyl sites for hydroxylation is 1. The molecule has 0 atom stereocenters. The molecular formula is C14H16N2O3S. The number of ether oxygens (including phenoxy) is 1. The van der Waals surface area contributed by atoms with E-state index in [1.54, 1.807) is 30.8 Å². The molecular weight excluding hydrogens is 276 g/mol. The van der Waals surface area contributed by atoms with Crippen LogP contribution in [0.5, 0.6) is 5.75 Å². The summed E-state index contributed by atoms with van der Waals surface area (Å²) >= 11 is 1.45. The van der Waals surface area contributed by atoms with E-state index in [4.69, 9.17) is 4.74 Å². The number of aromatic nitrogens is 2. The minimum absolute atomic E-state index is 0.234. The number of phenols is 1. The molecule has 5 nitrogen and oxygen atoms in total. The number of aromatic hydroxyl groups is 1. The fraction of sp³-hybridized carbons (Fsp3) is 0.286. The zero-order valence-electron chi connectivity index (χ0n) is 11.4. The fourth-order valence-corrected chi connectivity index (χ4v) is 2.76. The molecule has 0 aliphatic heterocycles. The van der Waals surface area contributed by atoms with Crippen molar-refractivity contribution in [3.05, 3.63) is 41.7 Å². The van der Waals surface area contributed by atoms with E-state index in [9.17, 15) is 9.90 Å². The number of rotatable bonds is 5. The molecule has 0 radical (unpaired) electrons. The maximum absolute atomic E-state index is 11.8. The number of hydrogen-bond acceptors (Lipinski definition) is 5. The highest BCUT2D eigenvalue weighted by Crippen LogP contribution is 2.31. The smallest absolute Gasteiger partial charge is 0.341 e. The van der Waals surface area contributed by atoms with Crippen LogP contribution in [0.4, 0.5) is 0 Å². The van der Waals surface area contributed by atoms with E-state index in [2.05, 4.69) is 5.10 Å². The topological polar surface area (TPSA) is 64.3 Å².